The van der Waals surface area contributed by atoms with Gasteiger partial charge in [0.1, 0.15) is 22.7 Å². The first-order chi connectivity index (χ1) is 24.1. The van der Waals surface area contributed by atoms with Gasteiger partial charge in [-0.1, -0.05) is 54.1 Å². The van der Waals surface area contributed by atoms with E-state index in [0.29, 0.717) is 31.0 Å². The van der Waals surface area contributed by atoms with Crippen molar-refractivity contribution in [1.29, 1.82) is 0 Å². The number of nitrogens with one attached hydrogen (secondary N) is 4. The maximum absolute atomic E-state index is 12.6. The van der Waals surface area contributed by atoms with Crippen LogP contribution in [0.25, 0.3) is 0 Å². The van der Waals surface area contributed by atoms with Crippen molar-refractivity contribution in [2.45, 2.75) is 72.3 Å². The lowest BCUT2D eigenvalue weighted by atomic mass is 9.98. The van der Waals surface area contributed by atoms with Gasteiger partial charge >= 0.3 is 12.2 Å². The molecule has 0 fully saturated rings. The van der Waals surface area contributed by atoms with Gasteiger partial charge in [0.25, 0.3) is 10.3 Å². The molecule has 0 aliphatic heterocycles. The van der Waals surface area contributed by atoms with Crippen LogP contribution in [0.4, 0.5) is 21.0 Å². The molecule has 0 unspecified atom stereocenters. The maximum Gasteiger partial charge on any atom is 0.407 e. The van der Waals surface area contributed by atoms with Gasteiger partial charge in [-0.25, -0.2) is 9.59 Å². The summed E-state index contributed by atoms with van der Waals surface area (Å²) in [5, 5.41) is 12.1. The Balaban J connectivity index is 1.16. The van der Waals surface area contributed by atoms with Crippen molar-refractivity contribution in [3.05, 3.63) is 119 Å². The molecule has 0 aromatic heterocycles. The number of hydrogen-bond acceptors (Lipinski definition) is 8. The van der Waals surface area contributed by atoms with Crippen LogP contribution in [0, 0.1) is 6.92 Å². The number of alkyl carbamates (subject to hydrolysis) is 2. The molecular formula is C39H44N4O6S2. The number of carbonyl (C=O) groups is 2. The summed E-state index contributed by atoms with van der Waals surface area (Å²) in [7, 11) is 0. The summed E-state index contributed by atoms with van der Waals surface area (Å²) in [5.41, 5.74) is 4.10. The smallest absolute Gasteiger partial charge is 0.407 e. The van der Waals surface area contributed by atoms with Gasteiger partial charge in [-0.05, 0) is 131 Å². The Hall–Kier alpha value is -5.20. The average Bonchev–Trinajstić information content (AvgIpc) is 3.05. The molecule has 12 heteroatoms. The van der Waals surface area contributed by atoms with E-state index in [1.807, 2.05) is 139 Å². The number of carbonyl (C=O) groups excluding carboxylic acids is 2. The molecule has 0 aliphatic carbocycles. The number of amides is 2. The van der Waals surface area contributed by atoms with Crippen LogP contribution in [0.3, 0.4) is 0 Å². The fourth-order valence-electron chi connectivity index (χ4n) is 4.67. The van der Waals surface area contributed by atoms with E-state index in [2.05, 4.69) is 21.3 Å². The number of hydrogen-bond donors (Lipinski definition) is 4. The first-order valence-corrected chi connectivity index (χ1v) is 17.2. The minimum absolute atomic E-state index is 0.184. The number of benzene rings is 4. The predicted octanol–water partition coefficient (Wildman–Crippen LogP) is 8.82. The topological polar surface area (TPSA) is 119 Å². The monoisotopic (exact) mass is 728 g/mol. The molecule has 268 valence electrons. The summed E-state index contributed by atoms with van der Waals surface area (Å²) < 4.78 is 22.4. The molecule has 0 spiro atoms. The summed E-state index contributed by atoms with van der Waals surface area (Å²) in [5.74, 6) is 1.22. The fourth-order valence-corrected chi connectivity index (χ4v) is 5.10. The molecule has 2 amide bonds. The minimum atomic E-state index is -0.765. The SMILES string of the molecule is Cc1ccc(OC(=S)Nc2ccc(CNC(=O)OC(C)(C)Cc3ccc(OC(=S)Nc4ccc(CNC(=O)OC(C)(C)C)cc4)cc3)cc2)cc1. The van der Waals surface area contributed by atoms with Crippen LogP contribution in [0.15, 0.2) is 97.1 Å². The first-order valence-electron chi connectivity index (χ1n) is 16.4. The van der Waals surface area contributed by atoms with E-state index in [0.717, 1.165) is 33.6 Å². The van der Waals surface area contributed by atoms with Crippen LogP contribution in [0.1, 0.15) is 56.9 Å². The summed E-state index contributed by atoms with van der Waals surface area (Å²) in [6.45, 7) is 11.8. The van der Waals surface area contributed by atoms with Crippen LogP contribution < -0.4 is 30.7 Å². The molecule has 4 aromatic carbocycles. The quantitative estimate of drug-likeness (QED) is 0.112. The molecule has 0 saturated heterocycles. The Kier molecular flexibility index (Phi) is 13.4. The number of thiocarbonyl (C=S) groups is 2. The van der Waals surface area contributed by atoms with Gasteiger partial charge in [-0.15, -0.1) is 0 Å². The zero-order chi connectivity index (χ0) is 37.0. The van der Waals surface area contributed by atoms with E-state index in [1.54, 1.807) is 0 Å². The van der Waals surface area contributed by atoms with E-state index in [-0.39, 0.29) is 10.3 Å². The third kappa shape index (κ3) is 14.3. The summed E-state index contributed by atoms with van der Waals surface area (Å²) in [6.07, 6.45) is -0.496. The lowest BCUT2D eigenvalue weighted by Crippen LogP contribution is -2.36. The molecule has 4 aromatic rings. The normalized spacial score (nSPS) is 11.1. The Morgan fingerprint density at radius 1 is 0.569 bits per heavy atom. The third-order valence-corrected chi connectivity index (χ3v) is 7.41. The van der Waals surface area contributed by atoms with Crippen molar-refractivity contribution in [1.82, 2.24) is 10.6 Å². The number of ether oxygens (including phenoxy) is 4. The van der Waals surface area contributed by atoms with Crippen molar-refractivity contribution < 1.29 is 28.5 Å². The molecule has 0 radical (unpaired) electrons. The van der Waals surface area contributed by atoms with Gasteiger partial charge in [0.15, 0.2) is 0 Å². The molecule has 10 nitrogen and oxygen atoms in total. The zero-order valence-corrected chi connectivity index (χ0v) is 31.3. The van der Waals surface area contributed by atoms with Crippen LogP contribution in [0.2, 0.25) is 0 Å². The average molecular weight is 729 g/mol. The Morgan fingerprint density at radius 3 is 1.39 bits per heavy atom. The number of rotatable bonds is 11. The van der Waals surface area contributed by atoms with Gasteiger partial charge in [0.05, 0.1) is 0 Å². The highest BCUT2D eigenvalue weighted by Gasteiger charge is 2.23. The van der Waals surface area contributed by atoms with Crippen LogP contribution in [-0.4, -0.2) is 33.7 Å². The van der Waals surface area contributed by atoms with Crippen LogP contribution >= 0.6 is 24.4 Å². The standard InChI is InChI=1S/C39H44N4O6S2/c1-26-7-19-32(20-8-26)46-36(50)42-30-17-11-29(12-18-30)25-41-35(45)49-39(5,6)23-27-13-21-33(22-14-27)47-37(51)43-31-15-9-28(10-16-31)24-40-34(44)48-38(2,3)4/h7-22H,23-25H2,1-6H3,(H,40,44)(H,41,45)(H,42,50)(H,43,51). The zero-order valence-electron chi connectivity index (χ0n) is 29.6. The van der Waals surface area contributed by atoms with Crippen molar-refractivity contribution in [2.75, 3.05) is 10.6 Å². The highest BCUT2D eigenvalue weighted by atomic mass is 32.1. The number of aryl methyl sites for hydroxylation is 1. The van der Waals surface area contributed by atoms with E-state index in [1.165, 1.54) is 0 Å². The van der Waals surface area contributed by atoms with Crippen molar-refractivity contribution in [3.63, 3.8) is 0 Å². The maximum atomic E-state index is 12.6. The third-order valence-electron chi connectivity index (χ3n) is 7.04. The fraction of sp³-hybridized carbons (Fsp3) is 0.282. The lowest BCUT2D eigenvalue weighted by molar-refractivity contribution is 0.0389. The predicted molar refractivity (Wildman–Crippen MR) is 208 cm³/mol. The minimum Gasteiger partial charge on any atom is -0.444 e. The number of anilines is 2. The molecule has 0 atom stereocenters. The Labute approximate surface area is 310 Å². The van der Waals surface area contributed by atoms with Crippen molar-refractivity contribution in [3.8, 4) is 11.5 Å². The van der Waals surface area contributed by atoms with Crippen molar-refractivity contribution >= 4 is 58.3 Å². The van der Waals surface area contributed by atoms with Gasteiger partial charge in [-0.2, -0.15) is 0 Å². The van der Waals surface area contributed by atoms with Crippen LogP contribution in [0.5, 0.6) is 11.5 Å². The second-order valence-electron chi connectivity index (χ2n) is 13.4. The van der Waals surface area contributed by atoms with E-state index >= 15 is 0 Å². The van der Waals surface area contributed by atoms with Gasteiger partial charge in [-0.3, -0.25) is 0 Å². The lowest BCUT2D eigenvalue weighted by Gasteiger charge is -2.25. The van der Waals surface area contributed by atoms with E-state index < -0.39 is 23.4 Å². The Bertz CT molecular complexity index is 1790. The molecule has 0 bridgehead atoms. The second-order valence-corrected chi connectivity index (χ2v) is 14.2. The summed E-state index contributed by atoms with van der Waals surface area (Å²) in [4.78, 5) is 24.5. The molecule has 0 saturated carbocycles. The molecule has 51 heavy (non-hydrogen) atoms. The molecule has 0 heterocycles. The summed E-state index contributed by atoms with van der Waals surface area (Å²) in [6, 6.07) is 30.0. The van der Waals surface area contributed by atoms with Gasteiger partial charge < -0.3 is 40.2 Å². The summed E-state index contributed by atoms with van der Waals surface area (Å²) >= 11 is 10.7. The highest BCUT2D eigenvalue weighted by Crippen LogP contribution is 2.21. The van der Waals surface area contributed by atoms with E-state index in [4.69, 9.17) is 43.4 Å². The van der Waals surface area contributed by atoms with Crippen molar-refractivity contribution in [2.24, 2.45) is 0 Å². The van der Waals surface area contributed by atoms with Gasteiger partial charge in [0.2, 0.25) is 0 Å². The van der Waals surface area contributed by atoms with E-state index in [9.17, 15) is 9.59 Å². The van der Waals surface area contributed by atoms with Gasteiger partial charge in [0, 0.05) is 30.9 Å². The molecular weight excluding hydrogens is 685 g/mol. The molecule has 4 rings (SSSR count). The first kappa shape index (κ1) is 38.6. The molecule has 4 N–H and O–H groups in total. The highest BCUT2D eigenvalue weighted by molar-refractivity contribution is 7.80. The largest absolute Gasteiger partial charge is 0.444 e. The second kappa shape index (κ2) is 17.6. The van der Waals surface area contributed by atoms with Crippen LogP contribution in [-0.2, 0) is 29.0 Å². The molecule has 0 aliphatic rings. The Morgan fingerprint density at radius 2 is 0.961 bits per heavy atom.